The number of aliphatic carboxylic acids is 1. The van der Waals surface area contributed by atoms with Gasteiger partial charge in [0.15, 0.2) is 5.79 Å². The molecule has 1 spiro atoms. The predicted octanol–water partition coefficient (Wildman–Crippen LogP) is 1.56. The highest BCUT2D eigenvalue weighted by Crippen LogP contribution is 2.38. The molecular weight excluding hydrogens is 278 g/mol. The van der Waals surface area contributed by atoms with E-state index in [0.717, 1.165) is 43.7 Å². The maximum Gasteiger partial charge on any atom is 0.304 e. The van der Waals surface area contributed by atoms with Gasteiger partial charge in [-0.25, -0.2) is 0 Å². The van der Waals surface area contributed by atoms with Crippen LogP contribution in [0.15, 0.2) is 0 Å². The minimum atomic E-state index is -0.683. The zero-order chi connectivity index (χ0) is 14.0. The molecule has 0 aromatic carbocycles. The van der Waals surface area contributed by atoms with Crippen molar-refractivity contribution in [2.45, 2.75) is 50.0 Å². The van der Waals surface area contributed by atoms with E-state index in [1.54, 1.807) is 0 Å². The van der Waals surface area contributed by atoms with Gasteiger partial charge in [0.2, 0.25) is 0 Å². The number of thioether (sulfide) groups is 1. The fourth-order valence-electron chi connectivity index (χ4n) is 3.69. The molecule has 0 aromatic rings. The lowest BCUT2D eigenvalue weighted by Crippen LogP contribution is -2.52. The Bertz CT molecular complexity index is 349. The van der Waals surface area contributed by atoms with Gasteiger partial charge in [-0.1, -0.05) is 0 Å². The number of carboxylic acids is 1. The summed E-state index contributed by atoms with van der Waals surface area (Å²) in [5, 5.41) is 9.07. The molecule has 1 saturated carbocycles. The third kappa shape index (κ3) is 3.13. The van der Waals surface area contributed by atoms with Crippen LogP contribution in [0.5, 0.6) is 0 Å². The zero-order valence-corrected chi connectivity index (χ0v) is 12.6. The van der Waals surface area contributed by atoms with Crippen molar-refractivity contribution in [2.75, 3.05) is 31.3 Å². The minimum Gasteiger partial charge on any atom is -0.481 e. The number of carbonyl (C=O) groups is 1. The summed E-state index contributed by atoms with van der Waals surface area (Å²) in [5.41, 5.74) is 0. The molecule has 6 heteroatoms. The van der Waals surface area contributed by atoms with Crippen molar-refractivity contribution in [2.24, 2.45) is 0 Å². The fraction of sp³-hybridized carbons (Fsp3) is 0.929. The Labute approximate surface area is 124 Å². The van der Waals surface area contributed by atoms with Gasteiger partial charge in [-0.2, -0.15) is 11.8 Å². The molecule has 1 N–H and O–H groups in total. The van der Waals surface area contributed by atoms with Gasteiger partial charge >= 0.3 is 5.97 Å². The molecule has 2 aliphatic heterocycles. The highest BCUT2D eigenvalue weighted by molar-refractivity contribution is 7.99. The first-order valence-electron chi connectivity index (χ1n) is 7.52. The maximum absolute atomic E-state index is 11.0. The molecule has 0 amide bonds. The summed E-state index contributed by atoms with van der Waals surface area (Å²) in [6.45, 7) is 2.45. The molecule has 3 aliphatic rings. The summed E-state index contributed by atoms with van der Waals surface area (Å²) >= 11 is 1.88. The van der Waals surface area contributed by atoms with Gasteiger partial charge in [-0.05, 0) is 12.8 Å². The highest BCUT2D eigenvalue weighted by Gasteiger charge is 2.43. The molecular formula is C14H23NO4S. The second-order valence-corrected chi connectivity index (χ2v) is 7.05. The largest absolute Gasteiger partial charge is 0.481 e. The summed E-state index contributed by atoms with van der Waals surface area (Å²) in [7, 11) is 0. The normalized spacial score (nSPS) is 31.7. The van der Waals surface area contributed by atoms with Gasteiger partial charge < -0.3 is 14.6 Å². The lowest BCUT2D eigenvalue weighted by atomic mass is 9.88. The van der Waals surface area contributed by atoms with Crippen LogP contribution in [0.1, 0.15) is 32.1 Å². The smallest absolute Gasteiger partial charge is 0.304 e. The Balaban J connectivity index is 1.59. The molecule has 0 aromatic heterocycles. The van der Waals surface area contributed by atoms with Gasteiger partial charge in [0.05, 0.1) is 19.6 Å². The van der Waals surface area contributed by atoms with E-state index in [9.17, 15) is 4.79 Å². The van der Waals surface area contributed by atoms with Crippen molar-refractivity contribution in [1.82, 2.24) is 4.90 Å². The Morgan fingerprint density at radius 2 is 2.00 bits per heavy atom. The van der Waals surface area contributed by atoms with Crippen molar-refractivity contribution >= 4 is 17.7 Å². The molecule has 0 bridgehead atoms. The van der Waals surface area contributed by atoms with E-state index >= 15 is 0 Å². The van der Waals surface area contributed by atoms with Gasteiger partial charge in [0, 0.05) is 43.0 Å². The van der Waals surface area contributed by atoms with Crippen molar-refractivity contribution in [1.29, 1.82) is 0 Å². The van der Waals surface area contributed by atoms with Crippen LogP contribution in [0, 0.1) is 0 Å². The minimum absolute atomic E-state index is 0.190. The van der Waals surface area contributed by atoms with Crippen molar-refractivity contribution in [3.8, 4) is 0 Å². The van der Waals surface area contributed by atoms with Crippen molar-refractivity contribution in [3.63, 3.8) is 0 Å². The van der Waals surface area contributed by atoms with Gasteiger partial charge in [-0.3, -0.25) is 9.69 Å². The number of nitrogens with zero attached hydrogens (tertiary/aromatic N) is 1. The topological polar surface area (TPSA) is 59.0 Å². The van der Waals surface area contributed by atoms with E-state index in [0.29, 0.717) is 19.3 Å². The third-order valence-corrected chi connectivity index (χ3v) is 5.77. The van der Waals surface area contributed by atoms with Crippen LogP contribution >= 0.6 is 11.8 Å². The molecule has 5 nitrogen and oxygen atoms in total. The fourth-order valence-corrected chi connectivity index (χ4v) is 4.77. The molecule has 3 fully saturated rings. The average Bonchev–Trinajstić information content (AvgIpc) is 2.88. The predicted molar refractivity (Wildman–Crippen MR) is 77.0 cm³/mol. The summed E-state index contributed by atoms with van der Waals surface area (Å²) in [6.07, 6.45) is 4.27. The highest BCUT2D eigenvalue weighted by atomic mass is 32.2. The second-order valence-electron chi connectivity index (χ2n) is 5.90. The number of hydrogen-bond donors (Lipinski definition) is 1. The van der Waals surface area contributed by atoms with Gasteiger partial charge in [-0.15, -0.1) is 0 Å². The lowest BCUT2D eigenvalue weighted by molar-refractivity contribution is -0.185. The van der Waals surface area contributed by atoms with Crippen LogP contribution in [0.25, 0.3) is 0 Å². The zero-order valence-electron chi connectivity index (χ0n) is 11.8. The Morgan fingerprint density at radius 3 is 2.65 bits per heavy atom. The first-order chi connectivity index (χ1) is 9.69. The summed E-state index contributed by atoms with van der Waals surface area (Å²) in [6, 6.07) is 0.689. The van der Waals surface area contributed by atoms with E-state index < -0.39 is 5.97 Å². The first-order valence-corrected chi connectivity index (χ1v) is 8.67. The molecule has 3 rings (SSSR count). The molecule has 114 valence electrons. The standard InChI is InChI=1S/C14H23NO4S/c16-13(17)9-12-10-20-8-5-15(12)11-1-3-14(4-2-11)18-6-7-19-14/h11-12H,1-10H2,(H,16,17). The number of ether oxygens (including phenoxy) is 2. The Kier molecular flexibility index (Phi) is 4.55. The van der Waals surface area contributed by atoms with Crippen LogP contribution in [0.3, 0.4) is 0 Å². The number of hydrogen-bond acceptors (Lipinski definition) is 5. The van der Waals surface area contributed by atoms with Crippen LogP contribution in [0.2, 0.25) is 0 Å². The van der Waals surface area contributed by atoms with Crippen LogP contribution in [-0.2, 0) is 14.3 Å². The monoisotopic (exact) mass is 301 g/mol. The van der Waals surface area contributed by atoms with E-state index in [-0.39, 0.29) is 18.2 Å². The Hall–Kier alpha value is -0.300. The summed E-state index contributed by atoms with van der Waals surface area (Å²) in [5.74, 6) is 1.06. The van der Waals surface area contributed by atoms with Crippen LogP contribution < -0.4 is 0 Å². The van der Waals surface area contributed by atoms with Gasteiger partial charge in [0.25, 0.3) is 0 Å². The SMILES string of the molecule is O=C(O)CC1CSCCN1C1CCC2(CC1)OCCO2. The summed E-state index contributed by atoms with van der Waals surface area (Å²) < 4.78 is 11.5. The quantitative estimate of drug-likeness (QED) is 0.854. The molecule has 2 saturated heterocycles. The van der Waals surface area contributed by atoms with E-state index in [1.807, 2.05) is 11.8 Å². The molecule has 1 aliphatic carbocycles. The van der Waals surface area contributed by atoms with Gasteiger partial charge in [0.1, 0.15) is 0 Å². The Morgan fingerprint density at radius 1 is 1.30 bits per heavy atom. The summed E-state index contributed by atoms with van der Waals surface area (Å²) in [4.78, 5) is 13.5. The third-order valence-electron chi connectivity index (χ3n) is 4.68. The van der Waals surface area contributed by atoms with E-state index in [1.165, 1.54) is 0 Å². The van der Waals surface area contributed by atoms with Crippen LogP contribution in [0.4, 0.5) is 0 Å². The van der Waals surface area contributed by atoms with Crippen molar-refractivity contribution in [3.05, 3.63) is 0 Å². The van der Waals surface area contributed by atoms with Crippen LogP contribution in [-0.4, -0.2) is 65.1 Å². The molecule has 1 unspecified atom stereocenters. The number of rotatable bonds is 3. The number of carboxylic acid groups (broad SMARTS) is 1. The average molecular weight is 301 g/mol. The lowest BCUT2D eigenvalue weighted by Gasteiger charge is -2.45. The molecule has 0 radical (unpaired) electrons. The van der Waals surface area contributed by atoms with E-state index in [4.69, 9.17) is 14.6 Å². The molecule has 20 heavy (non-hydrogen) atoms. The maximum atomic E-state index is 11.0. The first kappa shape index (κ1) is 14.6. The van der Waals surface area contributed by atoms with E-state index in [2.05, 4.69) is 4.90 Å². The molecule has 1 atom stereocenters. The second kappa shape index (κ2) is 6.22. The van der Waals surface area contributed by atoms with Crippen molar-refractivity contribution < 1.29 is 19.4 Å². The molecule has 2 heterocycles.